The van der Waals surface area contributed by atoms with Gasteiger partial charge in [0, 0.05) is 13.6 Å². The van der Waals surface area contributed by atoms with Gasteiger partial charge in [0.1, 0.15) is 6.04 Å². The van der Waals surface area contributed by atoms with Crippen LogP contribution in [0.4, 0.5) is 23.7 Å². The number of anilines is 1. The Morgan fingerprint density at radius 2 is 1.72 bits per heavy atom. The van der Waals surface area contributed by atoms with Gasteiger partial charge in [0.25, 0.3) is 0 Å². The molecule has 1 atom stereocenters. The number of likely N-dealkylation sites (N-methyl/N-ethyl adjacent to an activating group) is 1. The molecule has 2 rings (SSSR count). The lowest BCUT2D eigenvalue weighted by Crippen LogP contribution is -2.47. The molecule has 3 amide bonds. The Kier molecular flexibility index (Phi) is 8.34. The van der Waals surface area contributed by atoms with E-state index in [0.717, 1.165) is 17.7 Å². The Bertz CT molecular complexity index is 950. The lowest BCUT2D eigenvalue weighted by molar-refractivity contribution is -0.137. The van der Waals surface area contributed by atoms with Crippen LogP contribution in [0.25, 0.3) is 0 Å². The van der Waals surface area contributed by atoms with E-state index in [1.165, 1.54) is 38.2 Å². The van der Waals surface area contributed by atoms with Gasteiger partial charge in [0.05, 0.1) is 25.5 Å². The molecule has 0 aromatic heterocycles. The van der Waals surface area contributed by atoms with E-state index in [1.54, 1.807) is 13.1 Å². The van der Waals surface area contributed by atoms with Gasteiger partial charge in [-0.15, -0.1) is 0 Å². The lowest BCUT2D eigenvalue weighted by Gasteiger charge is -2.23. The fourth-order valence-corrected chi connectivity index (χ4v) is 3.03. The van der Waals surface area contributed by atoms with E-state index >= 15 is 0 Å². The highest BCUT2D eigenvalue weighted by Crippen LogP contribution is 2.34. The summed E-state index contributed by atoms with van der Waals surface area (Å²) in [5.41, 5.74) is -0.440. The van der Waals surface area contributed by atoms with Crippen molar-refractivity contribution in [2.45, 2.75) is 25.6 Å². The number of methoxy groups -OCH3 is 2. The number of hydrogen-bond acceptors (Lipinski definition) is 4. The summed E-state index contributed by atoms with van der Waals surface area (Å²) in [6, 6.07) is 8.20. The minimum absolute atomic E-state index is 0.360. The number of alkyl halides is 3. The van der Waals surface area contributed by atoms with Crippen LogP contribution in [0.5, 0.6) is 11.5 Å². The van der Waals surface area contributed by atoms with E-state index in [2.05, 4.69) is 10.6 Å². The Morgan fingerprint density at radius 3 is 2.34 bits per heavy atom. The summed E-state index contributed by atoms with van der Waals surface area (Å²) in [4.78, 5) is 26.1. The van der Waals surface area contributed by atoms with Crippen LogP contribution in [0, 0.1) is 0 Å². The zero-order valence-corrected chi connectivity index (χ0v) is 18.2. The predicted octanol–water partition coefficient (Wildman–Crippen LogP) is 3.93. The Hall–Kier alpha value is -3.43. The summed E-state index contributed by atoms with van der Waals surface area (Å²) in [6.07, 6.45) is -4.09. The minimum Gasteiger partial charge on any atom is -0.493 e. The second-order valence-corrected chi connectivity index (χ2v) is 7.06. The number of benzene rings is 2. The summed E-state index contributed by atoms with van der Waals surface area (Å²) in [5.74, 6) is 0.783. The fourth-order valence-electron chi connectivity index (χ4n) is 3.03. The smallest absolute Gasteiger partial charge is 0.418 e. The summed E-state index contributed by atoms with van der Waals surface area (Å²) < 4.78 is 49.6. The standard InChI is InChI=1S/C22H26F3N3O4/c1-14(26-21(30)27-17-8-6-5-7-16(17)22(23,24)25)20(29)28(2)12-11-15-9-10-18(31-3)19(13-15)32-4/h5-10,13-14H,11-12H2,1-4H3,(H2,26,27,30). The molecular weight excluding hydrogens is 427 g/mol. The first-order valence-electron chi connectivity index (χ1n) is 9.76. The van der Waals surface area contributed by atoms with Gasteiger partial charge < -0.3 is 25.0 Å². The van der Waals surface area contributed by atoms with Gasteiger partial charge in [-0.25, -0.2) is 4.79 Å². The number of nitrogens with one attached hydrogen (secondary N) is 2. The zero-order valence-electron chi connectivity index (χ0n) is 18.2. The molecule has 2 aromatic carbocycles. The molecule has 0 saturated carbocycles. The number of rotatable bonds is 8. The summed E-state index contributed by atoms with van der Waals surface area (Å²) in [5, 5.41) is 4.53. The number of ether oxygens (including phenoxy) is 2. The molecule has 174 valence electrons. The number of carbonyl (C=O) groups is 2. The van der Waals surface area contributed by atoms with E-state index in [4.69, 9.17) is 9.47 Å². The average Bonchev–Trinajstić information content (AvgIpc) is 2.76. The Balaban J connectivity index is 1.93. The minimum atomic E-state index is -4.62. The van der Waals surface area contributed by atoms with Crippen molar-refractivity contribution in [1.82, 2.24) is 10.2 Å². The van der Waals surface area contributed by atoms with Crippen molar-refractivity contribution in [3.63, 3.8) is 0 Å². The van der Waals surface area contributed by atoms with Crippen LogP contribution in [0.3, 0.4) is 0 Å². The second-order valence-electron chi connectivity index (χ2n) is 7.06. The first-order chi connectivity index (χ1) is 15.1. The highest BCUT2D eigenvalue weighted by molar-refractivity contribution is 5.94. The van der Waals surface area contributed by atoms with Crippen LogP contribution in [0.1, 0.15) is 18.1 Å². The molecule has 7 nitrogen and oxygen atoms in total. The molecule has 0 heterocycles. The predicted molar refractivity (Wildman–Crippen MR) is 114 cm³/mol. The molecule has 0 bridgehead atoms. The molecule has 0 aliphatic rings. The Labute approximate surface area is 184 Å². The molecule has 0 spiro atoms. The number of hydrogen-bond donors (Lipinski definition) is 2. The number of nitrogens with zero attached hydrogens (tertiary/aromatic N) is 1. The number of urea groups is 1. The topological polar surface area (TPSA) is 79.9 Å². The van der Waals surface area contributed by atoms with E-state index in [-0.39, 0.29) is 11.6 Å². The normalized spacial score (nSPS) is 12.0. The lowest BCUT2D eigenvalue weighted by atomic mass is 10.1. The van der Waals surface area contributed by atoms with Crippen molar-refractivity contribution in [2.75, 3.05) is 33.1 Å². The maximum atomic E-state index is 13.1. The molecule has 2 N–H and O–H groups in total. The first-order valence-corrected chi connectivity index (χ1v) is 9.76. The largest absolute Gasteiger partial charge is 0.493 e. The number of amides is 3. The van der Waals surface area contributed by atoms with E-state index in [1.807, 2.05) is 12.1 Å². The van der Waals surface area contributed by atoms with Crippen LogP contribution in [-0.2, 0) is 17.4 Å². The molecule has 0 fully saturated rings. The SMILES string of the molecule is COc1ccc(CCN(C)C(=O)C(C)NC(=O)Nc2ccccc2C(F)(F)F)cc1OC. The average molecular weight is 453 g/mol. The molecule has 0 saturated heterocycles. The van der Waals surface area contributed by atoms with Gasteiger partial charge in [0.2, 0.25) is 5.91 Å². The Morgan fingerprint density at radius 1 is 1.06 bits per heavy atom. The van der Waals surface area contributed by atoms with Crippen LogP contribution >= 0.6 is 0 Å². The third-order valence-electron chi connectivity index (χ3n) is 4.76. The van der Waals surface area contributed by atoms with Gasteiger partial charge >= 0.3 is 12.2 Å². The number of carbonyl (C=O) groups excluding carboxylic acids is 2. The molecule has 10 heteroatoms. The summed E-state index contributed by atoms with van der Waals surface area (Å²) in [7, 11) is 4.65. The van der Waals surface area contributed by atoms with Gasteiger partial charge in [-0.1, -0.05) is 18.2 Å². The van der Waals surface area contributed by atoms with Crippen molar-refractivity contribution in [1.29, 1.82) is 0 Å². The molecule has 0 aliphatic carbocycles. The molecular formula is C22H26F3N3O4. The molecule has 0 aliphatic heterocycles. The monoisotopic (exact) mass is 453 g/mol. The maximum Gasteiger partial charge on any atom is 0.418 e. The third kappa shape index (κ3) is 6.53. The molecule has 1 unspecified atom stereocenters. The van der Waals surface area contributed by atoms with Crippen LogP contribution in [-0.4, -0.2) is 50.7 Å². The van der Waals surface area contributed by atoms with Crippen molar-refractivity contribution in [2.24, 2.45) is 0 Å². The second kappa shape index (κ2) is 10.7. The van der Waals surface area contributed by atoms with Crippen molar-refractivity contribution in [3.8, 4) is 11.5 Å². The summed E-state index contributed by atoms with van der Waals surface area (Å²) in [6.45, 7) is 1.82. The van der Waals surface area contributed by atoms with Crippen LogP contribution in [0.2, 0.25) is 0 Å². The van der Waals surface area contributed by atoms with Gasteiger partial charge in [-0.3, -0.25) is 4.79 Å². The van der Waals surface area contributed by atoms with Crippen LogP contribution in [0.15, 0.2) is 42.5 Å². The zero-order chi connectivity index (χ0) is 23.9. The van der Waals surface area contributed by atoms with Crippen molar-refractivity contribution in [3.05, 3.63) is 53.6 Å². The van der Waals surface area contributed by atoms with Gasteiger partial charge in [-0.2, -0.15) is 13.2 Å². The van der Waals surface area contributed by atoms with Gasteiger partial charge in [0.15, 0.2) is 11.5 Å². The highest BCUT2D eigenvalue weighted by Gasteiger charge is 2.33. The van der Waals surface area contributed by atoms with Gasteiger partial charge in [-0.05, 0) is 43.2 Å². The first kappa shape index (κ1) is 24.8. The highest BCUT2D eigenvalue weighted by atomic mass is 19.4. The van der Waals surface area contributed by atoms with Crippen LogP contribution < -0.4 is 20.1 Å². The fraction of sp³-hybridized carbons (Fsp3) is 0.364. The van der Waals surface area contributed by atoms with E-state index in [9.17, 15) is 22.8 Å². The number of para-hydroxylation sites is 1. The maximum absolute atomic E-state index is 13.1. The number of halogens is 3. The quantitative estimate of drug-likeness (QED) is 0.635. The van der Waals surface area contributed by atoms with Crippen molar-refractivity contribution < 1.29 is 32.2 Å². The molecule has 2 aromatic rings. The van der Waals surface area contributed by atoms with E-state index < -0.39 is 23.8 Å². The van der Waals surface area contributed by atoms with E-state index in [0.29, 0.717) is 24.5 Å². The molecule has 32 heavy (non-hydrogen) atoms. The third-order valence-corrected chi connectivity index (χ3v) is 4.76. The summed E-state index contributed by atoms with van der Waals surface area (Å²) >= 11 is 0. The van der Waals surface area contributed by atoms with Crippen molar-refractivity contribution >= 4 is 17.6 Å². The molecule has 0 radical (unpaired) electrons.